The summed E-state index contributed by atoms with van der Waals surface area (Å²) >= 11 is 4.68. The SMILES string of the molecule is CC(C)OC(=O)COc1c(C(=O)OCOC(=O)C(C)(C)C)sc(-c2cccc(C3CCN(S(=O)(=O)Cc4ccccc4)CC3)c2)c1Br. The lowest BCUT2D eigenvalue weighted by atomic mass is 9.89. The van der Waals surface area contributed by atoms with E-state index in [1.807, 2.05) is 54.6 Å². The number of thiophene rings is 1. The van der Waals surface area contributed by atoms with E-state index < -0.39 is 46.7 Å². The maximum atomic E-state index is 13.2. The van der Waals surface area contributed by atoms with E-state index in [0.29, 0.717) is 35.3 Å². The molecule has 1 saturated heterocycles. The molecule has 0 N–H and O–H groups in total. The summed E-state index contributed by atoms with van der Waals surface area (Å²) in [6.45, 7) is 8.34. The van der Waals surface area contributed by atoms with Crippen LogP contribution in [0.25, 0.3) is 10.4 Å². The molecule has 47 heavy (non-hydrogen) atoms. The molecule has 1 fully saturated rings. The van der Waals surface area contributed by atoms with Crippen LogP contribution in [0, 0.1) is 5.41 Å². The van der Waals surface area contributed by atoms with Crippen LogP contribution in [0.1, 0.15) is 74.2 Å². The fraction of sp³-hybridized carbons (Fsp3) is 0.441. The van der Waals surface area contributed by atoms with Crippen molar-refractivity contribution in [2.45, 2.75) is 65.2 Å². The van der Waals surface area contributed by atoms with Gasteiger partial charge >= 0.3 is 17.9 Å². The van der Waals surface area contributed by atoms with E-state index in [9.17, 15) is 22.8 Å². The van der Waals surface area contributed by atoms with Gasteiger partial charge in [0, 0.05) is 13.1 Å². The number of piperidine rings is 1. The summed E-state index contributed by atoms with van der Waals surface area (Å²) in [6.07, 6.45) is 0.994. The van der Waals surface area contributed by atoms with Gasteiger partial charge in [0.15, 0.2) is 17.2 Å². The van der Waals surface area contributed by atoms with Crippen LogP contribution in [0.3, 0.4) is 0 Å². The molecule has 1 aromatic heterocycles. The van der Waals surface area contributed by atoms with Crippen molar-refractivity contribution in [1.82, 2.24) is 4.31 Å². The molecule has 0 saturated carbocycles. The molecule has 0 atom stereocenters. The van der Waals surface area contributed by atoms with Gasteiger partial charge in [-0.3, -0.25) is 4.79 Å². The number of carbonyl (C=O) groups is 3. The van der Waals surface area contributed by atoms with Crippen molar-refractivity contribution in [3.8, 4) is 16.2 Å². The molecule has 13 heteroatoms. The van der Waals surface area contributed by atoms with Crippen molar-refractivity contribution in [1.29, 1.82) is 0 Å². The molecule has 3 aromatic rings. The quantitative estimate of drug-likeness (QED) is 0.143. The fourth-order valence-electron chi connectivity index (χ4n) is 4.97. The molecule has 0 unspecified atom stereocenters. The van der Waals surface area contributed by atoms with Gasteiger partial charge < -0.3 is 18.9 Å². The van der Waals surface area contributed by atoms with E-state index in [4.69, 9.17) is 18.9 Å². The van der Waals surface area contributed by atoms with Crippen molar-refractivity contribution in [2.75, 3.05) is 26.5 Å². The number of rotatable bonds is 12. The molecule has 0 radical (unpaired) electrons. The number of carbonyl (C=O) groups excluding carboxylic acids is 3. The molecule has 0 aliphatic carbocycles. The average Bonchev–Trinajstić information content (AvgIpc) is 3.35. The number of hydrogen-bond acceptors (Lipinski definition) is 10. The van der Waals surface area contributed by atoms with Crippen LogP contribution in [0.4, 0.5) is 0 Å². The minimum atomic E-state index is -3.44. The summed E-state index contributed by atoms with van der Waals surface area (Å²) in [5, 5.41) is 0. The summed E-state index contributed by atoms with van der Waals surface area (Å²) in [7, 11) is -3.44. The molecule has 0 amide bonds. The van der Waals surface area contributed by atoms with Crippen molar-refractivity contribution in [2.24, 2.45) is 5.41 Å². The maximum absolute atomic E-state index is 13.2. The predicted molar refractivity (Wildman–Crippen MR) is 183 cm³/mol. The molecule has 10 nitrogen and oxygen atoms in total. The lowest BCUT2D eigenvalue weighted by Gasteiger charge is -2.31. The van der Waals surface area contributed by atoms with E-state index in [2.05, 4.69) is 15.9 Å². The smallest absolute Gasteiger partial charge is 0.355 e. The van der Waals surface area contributed by atoms with Gasteiger partial charge in [0.2, 0.25) is 16.8 Å². The highest BCUT2D eigenvalue weighted by Gasteiger charge is 2.31. The molecule has 2 heterocycles. The Morgan fingerprint density at radius 3 is 2.32 bits per heavy atom. The van der Waals surface area contributed by atoms with E-state index >= 15 is 0 Å². The normalized spacial score (nSPS) is 14.5. The summed E-state index contributed by atoms with van der Waals surface area (Å²) < 4.78 is 49.5. The molecule has 1 aliphatic heterocycles. The van der Waals surface area contributed by atoms with Crippen molar-refractivity contribution >= 4 is 55.2 Å². The molecule has 254 valence electrons. The Balaban J connectivity index is 1.52. The van der Waals surface area contributed by atoms with Gasteiger partial charge in [-0.25, -0.2) is 22.3 Å². The van der Waals surface area contributed by atoms with Gasteiger partial charge in [0.1, 0.15) is 0 Å². The number of sulfonamides is 1. The minimum absolute atomic E-state index is 0.0240. The highest BCUT2D eigenvalue weighted by Crippen LogP contribution is 2.46. The van der Waals surface area contributed by atoms with Crippen LogP contribution >= 0.6 is 27.3 Å². The number of ether oxygens (including phenoxy) is 4. The first-order valence-corrected chi connectivity index (χ1v) is 18.5. The van der Waals surface area contributed by atoms with E-state index in [1.54, 1.807) is 38.9 Å². The van der Waals surface area contributed by atoms with Gasteiger partial charge in [0.25, 0.3) is 0 Å². The highest BCUT2D eigenvalue weighted by molar-refractivity contribution is 9.10. The average molecular weight is 751 g/mol. The molecule has 0 spiro atoms. The zero-order valence-corrected chi connectivity index (χ0v) is 30.3. The van der Waals surface area contributed by atoms with E-state index in [0.717, 1.165) is 28.0 Å². The number of benzene rings is 2. The van der Waals surface area contributed by atoms with Crippen LogP contribution in [-0.2, 0) is 39.6 Å². The van der Waals surface area contributed by atoms with Crippen LogP contribution < -0.4 is 4.74 Å². The van der Waals surface area contributed by atoms with Crippen LogP contribution in [0.5, 0.6) is 5.75 Å². The largest absolute Gasteiger partial charge is 0.479 e. The lowest BCUT2D eigenvalue weighted by Crippen LogP contribution is -2.38. The second-order valence-electron chi connectivity index (χ2n) is 12.5. The molecule has 0 bridgehead atoms. The van der Waals surface area contributed by atoms with Gasteiger partial charge in [-0.1, -0.05) is 54.6 Å². The standard InChI is InChI=1S/C34H40BrNO9S2/c1-22(2)45-27(37)19-42-29-28(35)30(46-31(29)32(38)43-21-44-33(39)34(3,4)5)26-13-9-12-25(18-26)24-14-16-36(17-15-24)47(40,41)20-23-10-7-6-8-11-23/h6-13,18,22,24H,14-17,19-21H2,1-5H3. The topological polar surface area (TPSA) is 126 Å². The second-order valence-corrected chi connectivity index (χ2v) is 16.3. The summed E-state index contributed by atoms with van der Waals surface area (Å²) in [6, 6.07) is 17.0. The second kappa shape index (κ2) is 15.8. The Morgan fingerprint density at radius 1 is 1.00 bits per heavy atom. The van der Waals surface area contributed by atoms with Crippen molar-refractivity contribution < 1.29 is 41.7 Å². The van der Waals surface area contributed by atoms with Crippen LogP contribution in [-0.4, -0.2) is 63.2 Å². The Labute approximate surface area is 288 Å². The van der Waals surface area contributed by atoms with Gasteiger partial charge in [-0.2, -0.15) is 0 Å². The van der Waals surface area contributed by atoms with Gasteiger partial charge in [0.05, 0.1) is 26.6 Å². The van der Waals surface area contributed by atoms with Crippen molar-refractivity contribution in [3.63, 3.8) is 0 Å². The molecular weight excluding hydrogens is 710 g/mol. The van der Waals surface area contributed by atoms with E-state index in [1.165, 1.54) is 0 Å². The van der Waals surface area contributed by atoms with Crippen LogP contribution in [0.15, 0.2) is 59.1 Å². The van der Waals surface area contributed by atoms with Crippen LogP contribution in [0.2, 0.25) is 0 Å². The van der Waals surface area contributed by atoms with Gasteiger partial charge in [-0.15, -0.1) is 11.3 Å². The highest BCUT2D eigenvalue weighted by atomic mass is 79.9. The summed E-state index contributed by atoms with van der Waals surface area (Å²) in [5.74, 6) is -1.68. The number of esters is 3. The first-order valence-electron chi connectivity index (χ1n) is 15.3. The summed E-state index contributed by atoms with van der Waals surface area (Å²) in [4.78, 5) is 38.3. The number of halogens is 1. The van der Waals surface area contributed by atoms with E-state index in [-0.39, 0.29) is 28.4 Å². The predicted octanol–water partition coefficient (Wildman–Crippen LogP) is 6.92. The summed E-state index contributed by atoms with van der Waals surface area (Å²) in [5.41, 5.74) is 1.84. The lowest BCUT2D eigenvalue weighted by molar-refractivity contribution is -0.161. The zero-order chi connectivity index (χ0) is 34.4. The first-order chi connectivity index (χ1) is 22.2. The Hall–Kier alpha value is -3.26. The molecule has 4 rings (SSSR count). The third kappa shape index (κ3) is 9.88. The number of hydrogen-bond donors (Lipinski definition) is 0. The molecule has 2 aromatic carbocycles. The third-order valence-corrected chi connectivity index (χ3v) is 11.4. The third-order valence-electron chi connectivity index (χ3n) is 7.35. The van der Waals surface area contributed by atoms with Crippen molar-refractivity contribution in [3.05, 3.63) is 75.1 Å². The number of nitrogens with zero attached hydrogens (tertiary/aromatic N) is 1. The van der Waals surface area contributed by atoms with Gasteiger partial charge in [-0.05, 0) is 86.0 Å². The molecular formula is C34H40BrNO9S2. The zero-order valence-electron chi connectivity index (χ0n) is 27.1. The first kappa shape index (κ1) is 36.6. The Morgan fingerprint density at radius 2 is 1.68 bits per heavy atom. The monoisotopic (exact) mass is 749 g/mol. The fourth-order valence-corrected chi connectivity index (χ4v) is 8.48. The Bertz CT molecular complexity index is 1670. The Kier molecular flexibility index (Phi) is 12.3. The molecule has 1 aliphatic rings. The minimum Gasteiger partial charge on any atom is -0.479 e. The maximum Gasteiger partial charge on any atom is 0.355 e.